The van der Waals surface area contributed by atoms with Crippen LogP contribution < -0.4 is 0 Å². The number of imidazole rings is 1. The van der Waals surface area contributed by atoms with Gasteiger partial charge in [0.05, 0.1) is 23.4 Å². The minimum Gasteiger partial charge on any atom is -0.411 e. The Morgan fingerprint density at radius 3 is 2.64 bits per heavy atom. The van der Waals surface area contributed by atoms with E-state index in [9.17, 15) is 5.11 Å². The van der Waals surface area contributed by atoms with Crippen LogP contribution in [0.2, 0.25) is 5.02 Å². The Balaban J connectivity index is 1.57. The lowest BCUT2D eigenvalue weighted by Gasteiger charge is -2.06. The Labute approximate surface area is 171 Å². The summed E-state index contributed by atoms with van der Waals surface area (Å²) in [7, 11) is 0. The number of aromatic nitrogens is 4. The van der Waals surface area contributed by atoms with Crippen LogP contribution in [0.3, 0.4) is 0 Å². The van der Waals surface area contributed by atoms with Gasteiger partial charge in [0, 0.05) is 17.1 Å². The summed E-state index contributed by atoms with van der Waals surface area (Å²) in [4.78, 5) is 4.66. The van der Waals surface area contributed by atoms with Crippen LogP contribution in [-0.4, -0.2) is 31.5 Å². The maximum atomic E-state index is 9.42. The molecule has 0 saturated carbocycles. The first-order valence-electron chi connectivity index (χ1n) is 8.84. The van der Waals surface area contributed by atoms with Gasteiger partial charge in [0.15, 0.2) is 0 Å². The molecule has 4 aromatic rings. The highest BCUT2D eigenvalue weighted by Gasteiger charge is 2.14. The molecule has 0 atom stereocenters. The average molecular weight is 415 g/mol. The van der Waals surface area contributed by atoms with E-state index in [0.717, 1.165) is 33.5 Å². The molecule has 2 aromatic heterocycles. The van der Waals surface area contributed by atoms with Gasteiger partial charge in [-0.15, -0.1) is 10.2 Å². The summed E-state index contributed by atoms with van der Waals surface area (Å²) in [5.41, 5.74) is 4.96. The zero-order chi connectivity index (χ0) is 19.7. The number of halogens is 1. The number of aliphatic hydroxyl groups excluding tert-OH is 1. The third-order valence-electron chi connectivity index (χ3n) is 4.31. The third kappa shape index (κ3) is 3.92. The minimum atomic E-state index is 0.0209. The van der Waals surface area contributed by atoms with Gasteiger partial charge >= 0.3 is 0 Å². The van der Waals surface area contributed by atoms with Crippen molar-refractivity contribution in [3.05, 3.63) is 58.4 Å². The monoisotopic (exact) mass is 414 g/mol. The first-order valence-corrected chi connectivity index (χ1v) is 10.2. The Hall–Kier alpha value is -2.35. The second-order valence-corrected chi connectivity index (χ2v) is 7.94. The number of hydrogen-bond acceptors (Lipinski definition) is 6. The largest absolute Gasteiger partial charge is 0.411 e. The van der Waals surface area contributed by atoms with Crippen LogP contribution in [0.4, 0.5) is 0 Å². The van der Waals surface area contributed by atoms with Gasteiger partial charge < -0.3 is 14.1 Å². The normalized spacial score (nSPS) is 11.4. The van der Waals surface area contributed by atoms with Gasteiger partial charge in [-0.1, -0.05) is 40.6 Å². The predicted molar refractivity (Wildman–Crippen MR) is 111 cm³/mol. The summed E-state index contributed by atoms with van der Waals surface area (Å²) in [5, 5.41) is 18.9. The zero-order valence-electron chi connectivity index (χ0n) is 15.5. The second-order valence-electron chi connectivity index (χ2n) is 6.57. The van der Waals surface area contributed by atoms with Crippen LogP contribution in [0.15, 0.2) is 46.0 Å². The summed E-state index contributed by atoms with van der Waals surface area (Å²) in [6.07, 6.45) is 0. The molecular weight excluding hydrogens is 396 g/mol. The maximum absolute atomic E-state index is 9.42. The highest BCUT2D eigenvalue weighted by Crippen LogP contribution is 2.28. The van der Waals surface area contributed by atoms with Crippen molar-refractivity contribution < 1.29 is 9.52 Å². The molecule has 4 rings (SSSR count). The molecule has 0 aliphatic carbocycles. The fraction of sp³-hybridized carbons (Fsp3) is 0.250. The summed E-state index contributed by atoms with van der Waals surface area (Å²) in [6.45, 7) is 4.55. The van der Waals surface area contributed by atoms with E-state index in [0.29, 0.717) is 28.4 Å². The van der Waals surface area contributed by atoms with Crippen molar-refractivity contribution in [1.82, 2.24) is 19.7 Å². The van der Waals surface area contributed by atoms with E-state index < -0.39 is 0 Å². The molecule has 0 saturated heterocycles. The smallest absolute Gasteiger partial charge is 0.277 e. The van der Waals surface area contributed by atoms with Crippen LogP contribution in [0, 0.1) is 13.8 Å². The molecule has 144 valence electrons. The lowest BCUT2D eigenvalue weighted by molar-refractivity contribution is 0.276. The minimum absolute atomic E-state index is 0.0209. The molecule has 0 fully saturated rings. The summed E-state index contributed by atoms with van der Waals surface area (Å²) < 4.78 is 7.80. The Morgan fingerprint density at radius 2 is 1.89 bits per heavy atom. The molecule has 8 heteroatoms. The molecule has 0 unspecified atom stereocenters. The lowest BCUT2D eigenvalue weighted by atomic mass is 10.1. The van der Waals surface area contributed by atoms with Crippen LogP contribution in [0.25, 0.3) is 22.5 Å². The van der Waals surface area contributed by atoms with Crippen molar-refractivity contribution in [2.24, 2.45) is 0 Å². The molecule has 0 spiro atoms. The van der Waals surface area contributed by atoms with E-state index in [1.165, 1.54) is 11.8 Å². The fourth-order valence-electron chi connectivity index (χ4n) is 3.21. The molecule has 0 aliphatic rings. The summed E-state index contributed by atoms with van der Waals surface area (Å²) in [6, 6.07) is 11.7. The number of thioether (sulfide) groups is 1. The molecule has 1 N–H and O–H groups in total. The van der Waals surface area contributed by atoms with E-state index in [4.69, 9.17) is 16.0 Å². The fourth-order valence-corrected chi connectivity index (χ4v) is 4.09. The van der Waals surface area contributed by atoms with Gasteiger partial charge in [-0.3, -0.25) is 0 Å². The first-order chi connectivity index (χ1) is 13.5. The molecule has 6 nitrogen and oxygen atoms in total. The van der Waals surface area contributed by atoms with E-state index in [-0.39, 0.29) is 6.61 Å². The van der Waals surface area contributed by atoms with Gasteiger partial charge in [-0.25, -0.2) is 4.98 Å². The number of aliphatic hydroxyl groups is 1. The predicted octanol–water partition coefficient (Wildman–Crippen LogP) is 4.64. The molecule has 2 heterocycles. The second kappa shape index (κ2) is 7.95. The SMILES string of the molecule is Cc1cc(C)cc(-c2nnc(SCc3nc4ccc(Cl)cc4n3CCO)o2)c1. The number of nitrogens with zero attached hydrogens (tertiary/aromatic N) is 4. The molecular formula is C20H19ClN4O2S. The van der Waals surface area contributed by atoms with Crippen molar-refractivity contribution >= 4 is 34.4 Å². The first kappa shape index (κ1) is 19.0. The molecule has 0 bridgehead atoms. The summed E-state index contributed by atoms with van der Waals surface area (Å²) >= 11 is 7.53. The van der Waals surface area contributed by atoms with Crippen molar-refractivity contribution in [3.63, 3.8) is 0 Å². The van der Waals surface area contributed by atoms with Crippen molar-refractivity contribution in [2.75, 3.05) is 6.61 Å². The van der Waals surface area contributed by atoms with Gasteiger partial charge in [-0.05, 0) is 44.2 Å². The van der Waals surface area contributed by atoms with E-state index in [2.05, 4.69) is 21.2 Å². The maximum Gasteiger partial charge on any atom is 0.277 e. The molecule has 2 aromatic carbocycles. The molecule has 0 amide bonds. The van der Waals surface area contributed by atoms with E-state index >= 15 is 0 Å². The summed E-state index contributed by atoms with van der Waals surface area (Å²) in [5.74, 6) is 1.87. The molecule has 28 heavy (non-hydrogen) atoms. The molecule has 0 aliphatic heterocycles. The third-order valence-corrected chi connectivity index (χ3v) is 5.36. The Morgan fingerprint density at radius 1 is 1.11 bits per heavy atom. The van der Waals surface area contributed by atoms with E-state index in [1.54, 1.807) is 0 Å². The lowest BCUT2D eigenvalue weighted by Crippen LogP contribution is -2.06. The van der Waals surface area contributed by atoms with Gasteiger partial charge in [0.1, 0.15) is 5.82 Å². The Bertz CT molecular complexity index is 1120. The highest BCUT2D eigenvalue weighted by molar-refractivity contribution is 7.98. The quantitative estimate of drug-likeness (QED) is 0.463. The van der Waals surface area contributed by atoms with Crippen molar-refractivity contribution in [3.8, 4) is 11.5 Å². The van der Waals surface area contributed by atoms with Gasteiger partial charge in [0.25, 0.3) is 5.22 Å². The number of rotatable bonds is 6. The topological polar surface area (TPSA) is 77.0 Å². The Kier molecular flexibility index (Phi) is 5.39. The average Bonchev–Trinajstić information content (AvgIpc) is 3.25. The van der Waals surface area contributed by atoms with Gasteiger partial charge in [0.2, 0.25) is 5.89 Å². The standard InChI is InChI=1S/C20H19ClN4O2S/c1-12-7-13(2)9-14(8-12)19-23-24-20(27-19)28-11-18-22-16-4-3-15(21)10-17(16)25(18)5-6-26/h3-4,7-10,26H,5-6,11H2,1-2H3. The van der Waals surface area contributed by atoms with Crippen LogP contribution in [0.1, 0.15) is 17.0 Å². The van der Waals surface area contributed by atoms with Crippen LogP contribution in [-0.2, 0) is 12.3 Å². The molecule has 0 radical (unpaired) electrons. The number of benzene rings is 2. The van der Waals surface area contributed by atoms with Crippen LogP contribution >= 0.6 is 23.4 Å². The van der Waals surface area contributed by atoms with Crippen molar-refractivity contribution in [2.45, 2.75) is 31.4 Å². The number of aryl methyl sites for hydroxylation is 2. The zero-order valence-corrected chi connectivity index (χ0v) is 17.1. The van der Waals surface area contributed by atoms with Gasteiger partial charge in [-0.2, -0.15) is 0 Å². The van der Waals surface area contributed by atoms with Crippen molar-refractivity contribution in [1.29, 1.82) is 0 Å². The number of fused-ring (bicyclic) bond motifs is 1. The van der Waals surface area contributed by atoms with Crippen LogP contribution in [0.5, 0.6) is 0 Å². The highest BCUT2D eigenvalue weighted by atomic mass is 35.5. The van der Waals surface area contributed by atoms with E-state index in [1.807, 2.05) is 48.7 Å². The number of hydrogen-bond donors (Lipinski definition) is 1.